The predicted molar refractivity (Wildman–Crippen MR) is 76.3 cm³/mol. The zero-order chi connectivity index (χ0) is 15.5. The van der Waals surface area contributed by atoms with Crippen LogP contribution in [0.5, 0.6) is 0 Å². The summed E-state index contributed by atoms with van der Waals surface area (Å²) >= 11 is 0. The average Bonchev–Trinajstić information content (AvgIpc) is 2.99. The molecule has 106 valence electrons. The van der Waals surface area contributed by atoms with Crippen LogP contribution < -0.4 is 0 Å². The van der Waals surface area contributed by atoms with Crippen LogP contribution in [0.3, 0.4) is 0 Å². The van der Waals surface area contributed by atoms with Crippen molar-refractivity contribution in [3.05, 3.63) is 60.0 Å². The Balaban J connectivity index is 2.21. The Hall–Kier alpha value is -3.53. The molecule has 0 amide bonds. The minimum absolute atomic E-state index is 0.128. The van der Waals surface area contributed by atoms with E-state index in [0.29, 0.717) is 16.9 Å². The van der Waals surface area contributed by atoms with E-state index in [1.807, 2.05) is 6.07 Å². The van der Waals surface area contributed by atoms with Crippen LogP contribution in [-0.2, 0) is 0 Å². The topological polar surface area (TPSA) is 105 Å². The molecule has 0 fully saturated rings. The highest BCUT2D eigenvalue weighted by Gasteiger charge is 2.17. The summed E-state index contributed by atoms with van der Waals surface area (Å²) in [5.41, 5.74) is 1.92. The number of carboxylic acids is 1. The second-order valence-electron chi connectivity index (χ2n) is 4.41. The number of hydrogen-bond acceptors (Lipinski definition) is 5. The van der Waals surface area contributed by atoms with Crippen molar-refractivity contribution in [2.45, 2.75) is 0 Å². The molecule has 1 N–H and O–H groups in total. The Morgan fingerprint density at radius 2 is 2.14 bits per heavy atom. The van der Waals surface area contributed by atoms with Gasteiger partial charge in [-0.05, 0) is 30.3 Å². The summed E-state index contributed by atoms with van der Waals surface area (Å²) < 4.78 is 1.43. The fourth-order valence-electron chi connectivity index (χ4n) is 2.07. The molecule has 0 bridgehead atoms. The van der Waals surface area contributed by atoms with E-state index in [9.17, 15) is 10.1 Å². The lowest BCUT2D eigenvalue weighted by molar-refractivity contribution is 0.0697. The van der Waals surface area contributed by atoms with Gasteiger partial charge in [0.1, 0.15) is 11.8 Å². The Kier molecular flexibility index (Phi) is 3.34. The van der Waals surface area contributed by atoms with Crippen molar-refractivity contribution in [3.8, 4) is 23.0 Å². The van der Waals surface area contributed by atoms with Gasteiger partial charge in [-0.3, -0.25) is 4.98 Å². The minimum atomic E-state index is -1.04. The maximum absolute atomic E-state index is 11.1. The van der Waals surface area contributed by atoms with E-state index >= 15 is 0 Å². The molecule has 7 heteroatoms. The highest BCUT2D eigenvalue weighted by atomic mass is 16.4. The molecule has 0 atom stereocenters. The molecule has 3 aromatic rings. The maximum atomic E-state index is 11.1. The Morgan fingerprint density at radius 1 is 1.27 bits per heavy atom. The van der Waals surface area contributed by atoms with Crippen LogP contribution in [0.4, 0.5) is 0 Å². The van der Waals surface area contributed by atoms with Crippen LogP contribution in [0.1, 0.15) is 16.1 Å². The normalized spacial score (nSPS) is 10.1. The summed E-state index contributed by atoms with van der Waals surface area (Å²) in [5.74, 6) is -1.04. The largest absolute Gasteiger partial charge is 0.478 e. The Labute approximate surface area is 125 Å². The van der Waals surface area contributed by atoms with Gasteiger partial charge in [0.15, 0.2) is 5.69 Å². The van der Waals surface area contributed by atoms with E-state index in [1.165, 1.54) is 16.8 Å². The van der Waals surface area contributed by atoms with Gasteiger partial charge in [0.05, 0.1) is 11.3 Å². The Morgan fingerprint density at radius 3 is 2.82 bits per heavy atom. The zero-order valence-electron chi connectivity index (χ0n) is 11.2. The summed E-state index contributed by atoms with van der Waals surface area (Å²) in [5, 5.41) is 26.1. The van der Waals surface area contributed by atoms with Gasteiger partial charge in [0, 0.05) is 18.0 Å². The van der Waals surface area contributed by atoms with Gasteiger partial charge in [-0.15, -0.1) is 5.10 Å². The second-order valence-corrected chi connectivity index (χ2v) is 4.41. The third-order valence-corrected chi connectivity index (χ3v) is 3.05. The van der Waals surface area contributed by atoms with Crippen LogP contribution in [0.25, 0.3) is 16.9 Å². The molecule has 1 aromatic carbocycles. The molecule has 0 saturated carbocycles. The predicted octanol–water partition coefficient (Wildman–Crippen LogP) is 1.90. The van der Waals surface area contributed by atoms with Gasteiger partial charge in [-0.1, -0.05) is 11.3 Å². The quantitative estimate of drug-likeness (QED) is 0.790. The van der Waals surface area contributed by atoms with Crippen LogP contribution in [-0.4, -0.2) is 31.1 Å². The first-order valence-electron chi connectivity index (χ1n) is 6.30. The first-order valence-corrected chi connectivity index (χ1v) is 6.30. The molecule has 7 nitrogen and oxygen atoms in total. The lowest BCUT2D eigenvalue weighted by atomic mass is 10.1. The third kappa shape index (κ3) is 2.29. The van der Waals surface area contributed by atoms with Gasteiger partial charge in [-0.2, -0.15) is 5.26 Å². The number of aromatic carboxylic acids is 1. The zero-order valence-corrected chi connectivity index (χ0v) is 11.2. The van der Waals surface area contributed by atoms with Gasteiger partial charge < -0.3 is 5.11 Å². The van der Waals surface area contributed by atoms with Crippen LogP contribution in [0.15, 0.2) is 48.8 Å². The number of pyridine rings is 1. The van der Waals surface area contributed by atoms with E-state index in [4.69, 9.17) is 5.11 Å². The molecule has 0 aliphatic carbocycles. The lowest BCUT2D eigenvalue weighted by Crippen LogP contribution is -2.03. The van der Waals surface area contributed by atoms with Crippen molar-refractivity contribution >= 4 is 5.97 Å². The average molecular weight is 291 g/mol. The molecule has 2 aromatic heterocycles. The smallest absolute Gasteiger partial charge is 0.335 e. The van der Waals surface area contributed by atoms with Crippen molar-refractivity contribution in [3.63, 3.8) is 0 Å². The van der Waals surface area contributed by atoms with Crippen molar-refractivity contribution in [1.82, 2.24) is 20.0 Å². The van der Waals surface area contributed by atoms with Crippen LogP contribution in [0.2, 0.25) is 0 Å². The number of nitriles is 1. The van der Waals surface area contributed by atoms with E-state index < -0.39 is 5.97 Å². The fourth-order valence-corrected chi connectivity index (χ4v) is 2.07. The molecular weight excluding hydrogens is 282 g/mol. The summed E-state index contributed by atoms with van der Waals surface area (Å²) in [6.45, 7) is 0. The number of hydrogen-bond donors (Lipinski definition) is 1. The van der Waals surface area contributed by atoms with Crippen LogP contribution >= 0.6 is 0 Å². The molecule has 0 unspecified atom stereocenters. The van der Waals surface area contributed by atoms with Crippen molar-refractivity contribution in [1.29, 1.82) is 5.26 Å². The molecule has 0 radical (unpaired) electrons. The first kappa shape index (κ1) is 13.5. The van der Waals surface area contributed by atoms with Gasteiger partial charge >= 0.3 is 5.97 Å². The van der Waals surface area contributed by atoms with Crippen molar-refractivity contribution in [2.75, 3.05) is 0 Å². The molecule has 2 heterocycles. The molecule has 3 rings (SSSR count). The molecule has 0 aliphatic heterocycles. The van der Waals surface area contributed by atoms with E-state index in [1.54, 1.807) is 36.7 Å². The van der Waals surface area contributed by atoms with Crippen molar-refractivity contribution in [2.24, 2.45) is 0 Å². The van der Waals surface area contributed by atoms with Crippen LogP contribution in [0, 0.1) is 11.3 Å². The Bertz CT molecular complexity index is 880. The fraction of sp³-hybridized carbons (Fsp3) is 0. The van der Waals surface area contributed by atoms with E-state index in [-0.39, 0.29) is 11.3 Å². The molecule has 22 heavy (non-hydrogen) atoms. The summed E-state index contributed by atoms with van der Waals surface area (Å²) in [7, 11) is 0. The monoisotopic (exact) mass is 291 g/mol. The lowest BCUT2D eigenvalue weighted by Gasteiger charge is -2.07. The number of benzene rings is 1. The third-order valence-electron chi connectivity index (χ3n) is 3.05. The number of rotatable bonds is 3. The number of aromatic nitrogens is 4. The van der Waals surface area contributed by atoms with Gasteiger partial charge in [-0.25, -0.2) is 9.48 Å². The summed E-state index contributed by atoms with van der Waals surface area (Å²) in [4.78, 5) is 15.1. The number of nitrogens with zero attached hydrogens (tertiary/aromatic N) is 5. The summed E-state index contributed by atoms with van der Waals surface area (Å²) in [6, 6.07) is 11.8. The molecule has 0 aliphatic rings. The number of carbonyl (C=O) groups is 1. The summed E-state index contributed by atoms with van der Waals surface area (Å²) in [6.07, 6.45) is 3.21. The molecular formula is C15H9N5O2. The van der Waals surface area contributed by atoms with E-state index in [2.05, 4.69) is 15.3 Å². The number of carboxylic acid groups (broad SMARTS) is 1. The van der Waals surface area contributed by atoms with Gasteiger partial charge in [0.2, 0.25) is 0 Å². The highest BCUT2D eigenvalue weighted by molar-refractivity contribution is 5.88. The SMILES string of the molecule is N#Cc1nnn(-c2cccc(C(=O)O)c2)c1-c1cccnc1. The maximum Gasteiger partial charge on any atom is 0.335 e. The standard InChI is InChI=1S/C15H9N5O2/c16-8-13-14(11-4-2-6-17-9-11)20(19-18-13)12-5-1-3-10(7-12)15(21)22/h1-7,9H,(H,21,22). The second kappa shape index (κ2) is 5.46. The highest BCUT2D eigenvalue weighted by Crippen LogP contribution is 2.24. The first-order chi connectivity index (χ1) is 10.7. The van der Waals surface area contributed by atoms with Gasteiger partial charge in [0.25, 0.3) is 0 Å². The molecule has 0 saturated heterocycles. The molecule has 0 spiro atoms. The minimum Gasteiger partial charge on any atom is -0.478 e. The van der Waals surface area contributed by atoms with Crippen molar-refractivity contribution < 1.29 is 9.90 Å². The van der Waals surface area contributed by atoms with E-state index in [0.717, 1.165) is 0 Å².